The molecule has 2 amide bonds. The topological polar surface area (TPSA) is 96.0 Å². The van der Waals surface area contributed by atoms with E-state index in [0.717, 1.165) is 47.4 Å². The van der Waals surface area contributed by atoms with Gasteiger partial charge < -0.3 is 15.0 Å². The van der Waals surface area contributed by atoms with Gasteiger partial charge in [0.15, 0.2) is 0 Å². The van der Waals surface area contributed by atoms with Crippen molar-refractivity contribution in [3.05, 3.63) is 59.7 Å². The van der Waals surface area contributed by atoms with Crippen molar-refractivity contribution in [2.45, 2.75) is 71.5 Å². The van der Waals surface area contributed by atoms with E-state index in [2.05, 4.69) is 5.32 Å². The zero-order chi connectivity index (χ0) is 27.0. The van der Waals surface area contributed by atoms with Crippen LogP contribution in [0, 0.1) is 6.92 Å². The third kappa shape index (κ3) is 8.21. The van der Waals surface area contributed by atoms with E-state index in [1.54, 1.807) is 31.2 Å². The number of anilines is 1. The lowest BCUT2D eigenvalue weighted by molar-refractivity contribution is -0.139. The minimum absolute atomic E-state index is 0.108. The average Bonchev–Trinajstić information content (AvgIpc) is 2.87. The Morgan fingerprint density at radius 2 is 1.65 bits per heavy atom. The van der Waals surface area contributed by atoms with Gasteiger partial charge >= 0.3 is 0 Å². The van der Waals surface area contributed by atoms with E-state index in [1.165, 1.54) is 11.3 Å². The van der Waals surface area contributed by atoms with Crippen LogP contribution in [0.25, 0.3) is 0 Å². The van der Waals surface area contributed by atoms with Crippen LogP contribution in [0.1, 0.15) is 57.1 Å². The average molecular weight is 530 g/mol. The van der Waals surface area contributed by atoms with Crippen LogP contribution in [0.5, 0.6) is 5.75 Å². The van der Waals surface area contributed by atoms with Gasteiger partial charge in [0.05, 0.1) is 18.6 Å². The predicted molar refractivity (Wildman–Crippen MR) is 146 cm³/mol. The maximum atomic E-state index is 13.7. The Morgan fingerprint density at radius 1 is 1.03 bits per heavy atom. The van der Waals surface area contributed by atoms with Crippen LogP contribution in [-0.4, -0.2) is 56.6 Å². The summed E-state index contributed by atoms with van der Waals surface area (Å²) in [6, 6.07) is 13.7. The van der Waals surface area contributed by atoms with Gasteiger partial charge in [-0.3, -0.25) is 13.9 Å². The molecule has 1 aliphatic carbocycles. The van der Waals surface area contributed by atoms with E-state index in [1.807, 2.05) is 38.1 Å². The lowest BCUT2D eigenvalue weighted by Crippen LogP contribution is -2.52. The molecule has 1 atom stereocenters. The molecule has 1 fully saturated rings. The summed E-state index contributed by atoms with van der Waals surface area (Å²) in [5.41, 5.74) is 2.31. The Bertz CT molecular complexity index is 1140. The molecule has 1 saturated carbocycles. The SMILES string of the molecule is CCOc1ccc(N(CC(=O)N(Cc2ccc(C)cc2)[C@@H](C)C(=O)NC2CCCCC2)S(C)(=O)=O)cc1. The van der Waals surface area contributed by atoms with Crippen molar-refractivity contribution >= 4 is 27.5 Å². The number of aryl methyl sites for hydroxylation is 1. The highest BCUT2D eigenvalue weighted by atomic mass is 32.2. The lowest BCUT2D eigenvalue weighted by atomic mass is 9.95. The maximum absolute atomic E-state index is 13.7. The van der Waals surface area contributed by atoms with Gasteiger partial charge in [-0.1, -0.05) is 49.1 Å². The Labute approximate surface area is 221 Å². The number of hydrogen-bond acceptors (Lipinski definition) is 5. The molecule has 0 unspecified atom stereocenters. The zero-order valence-corrected chi connectivity index (χ0v) is 23.1. The number of carbonyl (C=O) groups excluding carboxylic acids is 2. The van der Waals surface area contributed by atoms with Crippen molar-refractivity contribution < 1.29 is 22.7 Å². The highest BCUT2D eigenvalue weighted by Crippen LogP contribution is 2.23. The number of hydrogen-bond donors (Lipinski definition) is 1. The summed E-state index contributed by atoms with van der Waals surface area (Å²) in [7, 11) is -3.77. The number of nitrogens with zero attached hydrogens (tertiary/aromatic N) is 2. The molecular formula is C28H39N3O5S. The summed E-state index contributed by atoms with van der Waals surface area (Å²) in [4.78, 5) is 28.3. The number of benzene rings is 2. The minimum Gasteiger partial charge on any atom is -0.494 e. The normalized spacial score (nSPS) is 15.0. The van der Waals surface area contributed by atoms with Crippen molar-refractivity contribution in [3.8, 4) is 5.75 Å². The number of carbonyl (C=O) groups is 2. The molecule has 0 radical (unpaired) electrons. The van der Waals surface area contributed by atoms with Gasteiger partial charge in [0.2, 0.25) is 21.8 Å². The van der Waals surface area contributed by atoms with Crippen molar-refractivity contribution in [3.63, 3.8) is 0 Å². The second kappa shape index (κ2) is 12.9. The highest BCUT2D eigenvalue weighted by molar-refractivity contribution is 7.92. The van der Waals surface area contributed by atoms with Gasteiger partial charge in [0.25, 0.3) is 0 Å². The summed E-state index contributed by atoms with van der Waals surface area (Å²) >= 11 is 0. The molecule has 2 aromatic rings. The number of nitrogens with one attached hydrogen (secondary N) is 1. The quantitative estimate of drug-likeness (QED) is 0.474. The first-order valence-corrected chi connectivity index (χ1v) is 14.8. The summed E-state index contributed by atoms with van der Waals surface area (Å²) in [5, 5.41) is 3.10. The third-order valence-corrected chi connectivity index (χ3v) is 7.85. The Kier molecular flexibility index (Phi) is 9.97. The van der Waals surface area contributed by atoms with Gasteiger partial charge in [-0.15, -0.1) is 0 Å². The van der Waals surface area contributed by atoms with Crippen molar-refractivity contribution in [2.24, 2.45) is 0 Å². The van der Waals surface area contributed by atoms with Crippen LogP contribution in [0.4, 0.5) is 5.69 Å². The largest absolute Gasteiger partial charge is 0.494 e. The Balaban J connectivity index is 1.84. The molecule has 1 aliphatic rings. The fourth-order valence-electron chi connectivity index (χ4n) is 4.53. The molecule has 0 bridgehead atoms. The van der Waals surface area contributed by atoms with E-state index in [4.69, 9.17) is 4.74 Å². The monoisotopic (exact) mass is 529 g/mol. The summed E-state index contributed by atoms with van der Waals surface area (Å²) in [5.74, 6) is -0.0643. The molecule has 1 N–H and O–H groups in total. The Hall–Kier alpha value is -3.07. The first-order valence-electron chi connectivity index (χ1n) is 12.9. The smallest absolute Gasteiger partial charge is 0.244 e. The molecule has 9 heteroatoms. The van der Waals surface area contributed by atoms with Crippen LogP contribution >= 0.6 is 0 Å². The molecule has 0 aliphatic heterocycles. The van der Waals surface area contributed by atoms with Gasteiger partial charge in [-0.25, -0.2) is 8.42 Å². The highest BCUT2D eigenvalue weighted by Gasteiger charge is 2.31. The van der Waals surface area contributed by atoms with E-state index in [0.29, 0.717) is 18.0 Å². The van der Waals surface area contributed by atoms with Crippen LogP contribution in [0.2, 0.25) is 0 Å². The van der Waals surface area contributed by atoms with E-state index in [9.17, 15) is 18.0 Å². The molecule has 202 valence electrons. The molecule has 0 spiro atoms. The molecule has 0 saturated heterocycles. The molecule has 0 heterocycles. The fourth-order valence-corrected chi connectivity index (χ4v) is 5.38. The van der Waals surface area contributed by atoms with Gasteiger partial charge in [0.1, 0.15) is 18.3 Å². The second-order valence-electron chi connectivity index (χ2n) is 9.72. The molecule has 37 heavy (non-hydrogen) atoms. The third-order valence-electron chi connectivity index (χ3n) is 6.71. The number of sulfonamides is 1. The lowest BCUT2D eigenvalue weighted by Gasteiger charge is -2.33. The summed E-state index contributed by atoms with van der Waals surface area (Å²) < 4.78 is 31.9. The van der Waals surface area contributed by atoms with Gasteiger partial charge in [0, 0.05) is 12.6 Å². The van der Waals surface area contributed by atoms with Crippen LogP contribution in [-0.2, 0) is 26.2 Å². The molecular weight excluding hydrogens is 490 g/mol. The Morgan fingerprint density at radius 3 is 2.22 bits per heavy atom. The molecule has 3 rings (SSSR count). The first-order chi connectivity index (χ1) is 17.6. The van der Waals surface area contributed by atoms with Crippen molar-refractivity contribution in [1.29, 1.82) is 0 Å². The molecule has 8 nitrogen and oxygen atoms in total. The van der Waals surface area contributed by atoms with Gasteiger partial charge in [-0.05, 0) is 63.4 Å². The van der Waals surface area contributed by atoms with Gasteiger partial charge in [-0.2, -0.15) is 0 Å². The van der Waals surface area contributed by atoms with Crippen LogP contribution in [0.15, 0.2) is 48.5 Å². The minimum atomic E-state index is -3.77. The number of ether oxygens (including phenoxy) is 1. The standard InChI is InChI=1S/C28H39N3O5S/c1-5-36-26-17-15-25(16-18-26)31(37(4,34)35)20-27(32)30(19-23-13-11-21(2)12-14-23)22(3)28(33)29-24-9-7-6-8-10-24/h11-18,22,24H,5-10,19-20H2,1-4H3,(H,29,33)/t22-/m0/s1. The van der Waals surface area contributed by atoms with Crippen molar-refractivity contribution in [1.82, 2.24) is 10.2 Å². The fraction of sp³-hybridized carbons (Fsp3) is 0.500. The second-order valence-corrected chi connectivity index (χ2v) is 11.6. The molecule has 2 aromatic carbocycles. The van der Waals surface area contributed by atoms with E-state index < -0.39 is 28.5 Å². The zero-order valence-electron chi connectivity index (χ0n) is 22.3. The number of rotatable bonds is 11. The first kappa shape index (κ1) is 28.5. The van der Waals surface area contributed by atoms with E-state index >= 15 is 0 Å². The van der Waals surface area contributed by atoms with E-state index in [-0.39, 0.29) is 18.5 Å². The maximum Gasteiger partial charge on any atom is 0.244 e. The number of amides is 2. The van der Waals surface area contributed by atoms with Crippen LogP contribution < -0.4 is 14.4 Å². The predicted octanol–water partition coefficient (Wildman–Crippen LogP) is 4.03. The summed E-state index contributed by atoms with van der Waals surface area (Å²) in [6.07, 6.45) is 6.27. The van der Waals surface area contributed by atoms with Crippen LogP contribution in [0.3, 0.4) is 0 Å². The molecule has 0 aromatic heterocycles. The van der Waals surface area contributed by atoms with Crippen molar-refractivity contribution in [2.75, 3.05) is 23.7 Å². The summed E-state index contributed by atoms with van der Waals surface area (Å²) in [6.45, 7) is 5.81.